The number of hydrogen-bond donors (Lipinski definition) is 0. The molecule has 0 amide bonds. The van der Waals surface area contributed by atoms with Gasteiger partial charge in [-0.3, -0.25) is 0 Å². The van der Waals surface area contributed by atoms with Gasteiger partial charge in [0, 0.05) is 0 Å². The van der Waals surface area contributed by atoms with Crippen LogP contribution in [0.3, 0.4) is 0 Å². The molecule has 0 saturated carbocycles. The zero-order valence-electron chi connectivity index (χ0n) is 6.08. The van der Waals surface area contributed by atoms with Gasteiger partial charge in [0.2, 0.25) is 0 Å². The summed E-state index contributed by atoms with van der Waals surface area (Å²) in [7, 11) is 0. The average molecular weight is 110 g/mol. The predicted octanol–water partition coefficient (Wildman–Crippen LogP) is -0.911. The molecule has 32 valence electrons. The monoisotopic (exact) mass is 110 g/mol. The van der Waals surface area contributed by atoms with Gasteiger partial charge >= 0.3 is 51.4 Å². The minimum absolute atomic E-state index is 0. The first-order chi connectivity index (χ1) is 2.27. The van der Waals surface area contributed by atoms with Crippen molar-refractivity contribution in [2.45, 2.75) is 20.8 Å². The molecule has 0 bridgehead atoms. The Balaban J connectivity index is -0.0000000800. The van der Waals surface area contributed by atoms with E-state index >= 15 is 0 Å². The van der Waals surface area contributed by atoms with Crippen molar-refractivity contribution in [1.82, 2.24) is 0 Å². The van der Waals surface area contributed by atoms with Crippen LogP contribution in [0.4, 0.5) is 0 Å². The molecular weight excluding hydrogens is 99.2 g/mol. The molecule has 1 heteroatoms. The largest absolute Gasteiger partial charge is 1.00 e. The van der Waals surface area contributed by atoms with E-state index in [9.17, 15) is 0 Å². The molecule has 0 nitrogen and oxygen atoms in total. The smallest absolute Gasteiger partial charge is 1.00 e. The van der Waals surface area contributed by atoms with E-state index in [0.717, 1.165) is 0 Å². The van der Waals surface area contributed by atoms with Crippen LogP contribution in [0.1, 0.15) is 22.2 Å². The molecular formula is C5H11K. The SMILES string of the molecule is CC=C(C)C.[H-].[K+]. The van der Waals surface area contributed by atoms with Gasteiger partial charge in [-0.15, -0.1) is 0 Å². The maximum Gasteiger partial charge on any atom is 1.00 e. The van der Waals surface area contributed by atoms with Gasteiger partial charge in [0.05, 0.1) is 0 Å². The van der Waals surface area contributed by atoms with Crippen LogP contribution in [0.5, 0.6) is 0 Å². The van der Waals surface area contributed by atoms with E-state index in [1.807, 2.05) is 6.92 Å². The molecule has 0 aliphatic rings. The summed E-state index contributed by atoms with van der Waals surface area (Å²) in [5.41, 5.74) is 1.38. The fraction of sp³-hybridized carbons (Fsp3) is 0.600. The molecule has 0 spiro atoms. The number of hydrogen-bond acceptors (Lipinski definition) is 0. The zero-order valence-corrected chi connectivity index (χ0v) is 8.20. The van der Waals surface area contributed by atoms with Crippen molar-refractivity contribution in [3.63, 3.8) is 0 Å². The Morgan fingerprint density at radius 1 is 1.50 bits per heavy atom. The Labute approximate surface area is 83.9 Å². The Kier molecular flexibility index (Phi) is 11.0. The summed E-state index contributed by atoms with van der Waals surface area (Å²) in [4.78, 5) is 0. The van der Waals surface area contributed by atoms with Gasteiger partial charge in [-0.05, 0) is 20.8 Å². The number of allylic oxidation sites excluding steroid dienone is 2. The minimum Gasteiger partial charge on any atom is -1.00 e. The fourth-order valence-corrected chi connectivity index (χ4v) is 0. The molecule has 0 fully saturated rings. The van der Waals surface area contributed by atoms with Gasteiger partial charge in [-0.1, -0.05) is 11.6 Å². The van der Waals surface area contributed by atoms with Crippen LogP contribution in [-0.4, -0.2) is 0 Å². The van der Waals surface area contributed by atoms with Crippen molar-refractivity contribution in [2.75, 3.05) is 0 Å². The van der Waals surface area contributed by atoms with Crippen molar-refractivity contribution < 1.29 is 52.8 Å². The Morgan fingerprint density at radius 3 is 1.67 bits per heavy atom. The van der Waals surface area contributed by atoms with E-state index < -0.39 is 0 Å². The summed E-state index contributed by atoms with van der Waals surface area (Å²) in [5, 5.41) is 0. The third kappa shape index (κ3) is 9.03. The first kappa shape index (κ1) is 10.4. The van der Waals surface area contributed by atoms with Gasteiger partial charge in [0.1, 0.15) is 0 Å². The van der Waals surface area contributed by atoms with Gasteiger partial charge in [-0.25, -0.2) is 0 Å². The van der Waals surface area contributed by atoms with Crippen LogP contribution < -0.4 is 51.4 Å². The molecule has 0 rings (SSSR count). The summed E-state index contributed by atoms with van der Waals surface area (Å²) < 4.78 is 0. The first-order valence-corrected chi connectivity index (χ1v) is 1.87. The topological polar surface area (TPSA) is 0 Å². The van der Waals surface area contributed by atoms with E-state index in [1.165, 1.54) is 5.57 Å². The molecule has 6 heavy (non-hydrogen) atoms. The molecule has 0 unspecified atom stereocenters. The minimum atomic E-state index is 0. The van der Waals surface area contributed by atoms with Crippen LogP contribution in [0.2, 0.25) is 0 Å². The van der Waals surface area contributed by atoms with E-state index in [0.29, 0.717) is 0 Å². The van der Waals surface area contributed by atoms with Crippen LogP contribution in [0, 0.1) is 0 Å². The number of rotatable bonds is 0. The zero-order chi connectivity index (χ0) is 4.28. The summed E-state index contributed by atoms with van der Waals surface area (Å²) >= 11 is 0. The molecule has 0 aromatic heterocycles. The van der Waals surface area contributed by atoms with Crippen molar-refractivity contribution in [2.24, 2.45) is 0 Å². The molecule has 0 aliphatic heterocycles. The normalized spacial score (nSPS) is 5.83. The van der Waals surface area contributed by atoms with Crippen LogP contribution in [0.15, 0.2) is 11.6 Å². The van der Waals surface area contributed by atoms with Crippen LogP contribution in [0.25, 0.3) is 0 Å². The molecule has 0 aromatic carbocycles. The van der Waals surface area contributed by atoms with Crippen molar-refractivity contribution >= 4 is 0 Å². The molecule has 0 radical (unpaired) electrons. The van der Waals surface area contributed by atoms with E-state index in [1.54, 1.807) is 0 Å². The predicted molar refractivity (Wildman–Crippen MR) is 26.2 cm³/mol. The first-order valence-electron chi connectivity index (χ1n) is 1.87. The molecule has 0 aliphatic carbocycles. The second-order valence-corrected chi connectivity index (χ2v) is 1.37. The van der Waals surface area contributed by atoms with Gasteiger partial charge in [-0.2, -0.15) is 0 Å². The fourth-order valence-electron chi connectivity index (χ4n) is 0. The average Bonchev–Trinajstić information content (AvgIpc) is 1.38. The van der Waals surface area contributed by atoms with Gasteiger partial charge in [0.25, 0.3) is 0 Å². The van der Waals surface area contributed by atoms with E-state index in [2.05, 4.69) is 19.9 Å². The summed E-state index contributed by atoms with van der Waals surface area (Å²) in [6, 6.07) is 0. The maximum absolute atomic E-state index is 2.08. The van der Waals surface area contributed by atoms with Crippen LogP contribution in [-0.2, 0) is 0 Å². The Hall–Kier alpha value is 1.38. The molecule has 0 saturated heterocycles. The van der Waals surface area contributed by atoms with Crippen molar-refractivity contribution in [3.05, 3.63) is 11.6 Å². The van der Waals surface area contributed by atoms with E-state index in [-0.39, 0.29) is 52.8 Å². The molecule has 0 atom stereocenters. The Bertz CT molecular complexity index is 46.0. The Morgan fingerprint density at radius 2 is 1.67 bits per heavy atom. The summed E-state index contributed by atoms with van der Waals surface area (Å²) in [6.45, 7) is 6.20. The van der Waals surface area contributed by atoms with Gasteiger partial charge < -0.3 is 1.43 Å². The molecule has 0 heterocycles. The molecule has 0 aromatic rings. The quantitative estimate of drug-likeness (QED) is 0.280. The van der Waals surface area contributed by atoms with Gasteiger partial charge in [0.15, 0.2) is 0 Å². The summed E-state index contributed by atoms with van der Waals surface area (Å²) in [5.74, 6) is 0. The molecule has 0 N–H and O–H groups in total. The van der Waals surface area contributed by atoms with Crippen molar-refractivity contribution in [1.29, 1.82) is 0 Å². The maximum atomic E-state index is 2.08. The second kappa shape index (κ2) is 6.38. The third-order valence-corrected chi connectivity index (χ3v) is 0.577. The summed E-state index contributed by atoms with van der Waals surface area (Å²) in [6.07, 6.45) is 2.08. The van der Waals surface area contributed by atoms with E-state index in [4.69, 9.17) is 0 Å². The third-order valence-electron chi connectivity index (χ3n) is 0.577. The standard InChI is InChI=1S/C5H10.K.H/c1-4-5(2)3;;/h4H,1-3H3;;/q;+1;-1. The van der Waals surface area contributed by atoms with Crippen LogP contribution >= 0.6 is 0 Å². The second-order valence-electron chi connectivity index (χ2n) is 1.37. The van der Waals surface area contributed by atoms with Crippen molar-refractivity contribution in [3.8, 4) is 0 Å².